The van der Waals surface area contributed by atoms with E-state index >= 15 is 0 Å². The fourth-order valence-electron chi connectivity index (χ4n) is 10.2. The van der Waals surface area contributed by atoms with Crippen molar-refractivity contribution in [3.05, 3.63) is 119 Å². The molecule has 0 radical (unpaired) electrons. The van der Waals surface area contributed by atoms with Crippen LogP contribution in [0.4, 0.5) is 5.69 Å². The predicted molar refractivity (Wildman–Crippen MR) is 240 cm³/mol. The Balaban J connectivity index is 1.15. The fourth-order valence-corrected chi connectivity index (χ4v) is 10.2. The quantitative estimate of drug-likeness (QED) is 0.0951. The molecule has 1 heterocycles. The molecule has 8 rings (SSSR count). The largest absolute Gasteiger partial charge is 0.496 e. The maximum atomic E-state index is 14.4. The summed E-state index contributed by atoms with van der Waals surface area (Å²) in [6.45, 7) is 8.59. The molecule has 62 heavy (non-hydrogen) atoms. The Labute approximate surface area is 365 Å². The van der Waals surface area contributed by atoms with Crippen molar-refractivity contribution in [2.45, 2.75) is 90.4 Å². The minimum Gasteiger partial charge on any atom is -0.496 e. The minimum absolute atomic E-state index is 0.00877. The van der Waals surface area contributed by atoms with Gasteiger partial charge in [-0.1, -0.05) is 99.6 Å². The third-order valence-corrected chi connectivity index (χ3v) is 13.9. The second-order valence-electron chi connectivity index (χ2n) is 18.3. The highest BCUT2D eigenvalue weighted by Gasteiger charge is 2.57. The SMILES string of the molecule is COc1c(CN2O[C@@H](CO)[C@@H]([C@H](C)O)[C@H]2C(=O)N[C@H]2C[C@H]3C[C@H]([C@@H]2C)C3(C)C)cccc1-c1cc(C(=O)N[C@H](Cc2ccccc2)C(=O)NCc2ccccc2)cc(N(C)C)c1. The van der Waals surface area contributed by atoms with Gasteiger partial charge >= 0.3 is 0 Å². The number of amides is 3. The molecular weight excluding hydrogens is 783 g/mol. The lowest BCUT2D eigenvalue weighted by atomic mass is 9.45. The van der Waals surface area contributed by atoms with Crippen molar-refractivity contribution in [1.29, 1.82) is 0 Å². The number of aliphatic hydroxyl groups is 2. The van der Waals surface area contributed by atoms with E-state index in [9.17, 15) is 24.6 Å². The maximum absolute atomic E-state index is 14.4. The van der Waals surface area contributed by atoms with E-state index < -0.39 is 36.1 Å². The number of nitrogens with zero attached hydrogens (tertiary/aromatic N) is 2. The van der Waals surface area contributed by atoms with Crippen molar-refractivity contribution in [2.75, 3.05) is 32.7 Å². The number of aliphatic hydroxyl groups excluding tert-OH is 2. The van der Waals surface area contributed by atoms with Crippen LogP contribution in [0.15, 0.2) is 97.1 Å². The molecule has 2 bridgehead atoms. The second-order valence-corrected chi connectivity index (χ2v) is 18.3. The van der Waals surface area contributed by atoms with Crippen molar-refractivity contribution in [3.63, 3.8) is 0 Å². The molecule has 12 heteroatoms. The Kier molecular flexibility index (Phi) is 13.7. The number of fused-ring (bicyclic) bond motifs is 2. The van der Waals surface area contributed by atoms with Gasteiger partial charge in [0.15, 0.2) is 0 Å². The number of benzene rings is 4. The molecule has 330 valence electrons. The van der Waals surface area contributed by atoms with Gasteiger partial charge in [0.2, 0.25) is 11.8 Å². The standard InChI is InChI=1S/C50H63N5O7/c1-30-40-25-37(50(40,3)4)26-41(30)52-49(60)45-44(31(2)57)43(29-56)62-55(45)28-34-19-14-20-39(46(34)61-7)35-22-36(24-38(23-35)54(5)6)47(58)53-42(21-32-15-10-8-11-16-32)48(59)51-27-33-17-12-9-13-18-33/h8-20,22-24,30-31,37,40-45,56-57H,21,25-29H2,1-7H3,(H,51,59)(H,52,60)(H,53,58)/t30-,31-,37+,40+,41-,42+,43-,44+,45-/m0/s1. The Hall–Kier alpha value is -5.27. The van der Waals surface area contributed by atoms with Gasteiger partial charge < -0.3 is 35.8 Å². The number of hydrogen-bond donors (Lipinski definition) is 5. The molecule has 4 aromatic rings. The number of rotatable bonds is 16. The smallest absolute Gasteiger partial charge is 0.252 e. The van der Waals surface area contributed by atoms with Gasteiger partial charge in [-0.25, -0.2) is 0 Å². The molecule has 0 unspecified atom stereocenters. The van der Waals surface area contributed by atoms with E-state index in [1.54, 1.807) is 31.2 Å². The van der Waals surface area contributed by atoms with Crippen LogP contribution in [0.1, 0.15) is 67.6 Å². The predicted octanol–water partition coefficient (Wildman–Crippen LogP) is 5.75. The van der Waals surface area contributed by atoms with Crippen molar-refractivity contribution >= 4 is 23.4 Å². The first kappa shape index (κ1) is 44.8. The van der Waals surface area contributed by atoms with Gasteiger partial charge in [-0.2, -0.15) is 5.06 Å². The van der Waals surface area contributed by atoms with E-state index in [1.807, 2.05) is 104 Å². The number of carbonyl (C=O) groups excluding carboxylic acids is 3. The lowest BCUT2D eigenvalue weighted by molar-refractivity contribution is -0.183. The van der Waals surface area contributed by atoms with E-state index in [-0.39, 0.29) is 36.4 Å². The average molecular weight is 846 g/mol. The zero-order valence-electron chi connectivity index (χ0n) is 37.0. The Morgan fingerprint density at radius 2 is 1.65 bits per heavy atom. The fraction of sp³-hybridized carbons (Fsp3) is 0.460. The maximum Gasteiger partial charge on any atom is 0.252 e. The zero-order chi connectivity index (χ0) is 44.3. The van der Waals surface area contributed by atoms with Crippen LogP contribution in [0.3, 0.4) is 0 Å². The molecule has 4 aromatic carbocycles. The van der Waals surface area contributed by atoms with E-state index in [0.717, 1.165) is 23.2 Å². The second kappa shape index (κ2) is 19.0. The van der Waals surface area contributed by atoms with Gasteiger partial charge in [-0.15, -0.1) is 0 Å². The summed E-state index contributed by atoms with van der Waals surface area (Å²) >= 11 is 0. The summed E-state index contributed by atoms with van der Waals surface area (Å²) in [4.78, 5) is 50.5. The molecular formula is C50H63N5O7. The minimum atomic E-state index is -0.933. The first-order chi connectivity index (χ1) is 29.7. The summed E-state index contributed by atoms with van der Waals surface area (Å²) in [5, 5.41) is 32.4. The highest BCUT2D eigenvalue weighted by molar-refractivity contribution is 6.00. The van der Waals surface area contributed by atoms with Crippen LogP contribution in [0.2, 0.25) is 0 Å². The van der Waals surface area contributed by atoms with Crippen molar-refractivity contribution < 1.29 is 34.2 Å². The van der Waals surface area contributed by atoms with E-state index in [2.05, 4.69) is 36.7 Å². The van der Waals surface area contributed by atoms with Gasteiger partial charge in [0.25, 0.3) is 5.91 Å². The van der Waals surface area contributed by atoms with Crippen LogP contribution >= 0.6 is 0 Å². The van der Waals surface area contributed by atoms with E-state index in [4.69, 9.17) is 9.57 Å². The summed E-state index contributed by atoms with van der Waals surface area (Å²) in [7, 11) is 5.37. The Bertz CT molecular complexity index is 2200. The molecule has 3 saturated carbocycles. The summed E-state index contributed by atoms with van der Waals surface area (Å²) < 4.78 is 6.11. The number of anilines is 1. The first-order valence-corrected chi connectivity index (χ1v) is 21.9. The molecule has 3 aliphatic carbocycles. The molecule has 0 aromatic heterocycles. The number of nitrogens with one attached hydrogen (secondary N) is 3. The van der Waals surface area contributed by atoms with Crippen LogP contribution in [0.25, 0.3) is 11.1 Å². The molecule has 0 spiro atoms. The van der Waals surface area contributed by atoms with E-state index in [1.165, 1.54) is 6.42 Å². The van der Waals surface area contributed by atoms with Crippen LogP contribution < -0.4 is 25.6 Å². The molecule has 5 N–H and O–H groups in total. The van der Waals surface area contributed by atoms with Crippen molar-refractivity contribution in [3.8, 4) is 16.9 Å². The highest BCUT2D eigenvalue weighted by atomic mass is 16.7. The zero-order valence-corrected chi connectivity index (χ0v) is 37.0. The third kappa shape index (κ3) is 9.39. The molecule has 1 aliphatic heterocycles. The van der Waals surface area contributed by atoms with Crippen LogP contribution in [0.5, 0.6) is 5.75 Å². The van der Waals surface area contributed by atoms with Gasteiger partial charge in [0, 0.05) is 61.4 Å². The van der Waals surface area contributed by atoms with E-state index in [0.29, 0.717) is 58.7 Å². The van der Waals surface area contributed by atoms with Gasteiger partial charge in [0.05, 0.1) is 26.4 Å². The first-order valence-electron chi connectivity index (χ1n) is 21.9. The molecule has 4 fully saturated rings. The van der Waals surface area contributed by atoms with Gasteiger partial charge in [0.1, 0.15) is 23.9 Å². The third-order valence-electron chi connectivity index (χ3n) is 13.9. The van der Waals surface area contributed by atoms with Gasteiger partial charge in [-0.3, -0.25) is 19.2 Å². The number of hydroxylamine groups is 2. The van der Waals surface area contributed by atoms with Gasteiger partial charge in [-0.05, 0) is 77.8 Å². The lowest BCUT2D eigenvalue weighted by Crippen LogP contribution is -2.62. The Morgan fingerprint density at radius 1 is 0.952 bits per heavy atom. The summed E-state index contributed by atoms with van der Waals surface area (Å²) in [5.41, 5.74) is 5.35. The normalized spacial score (nSPS) is 24.9. The average Bonchev–Trinajstić information content (AvgIpc) is 3.64. The topological polar surface area (TPSA) is 153 Å². The number of ether oxygens (including phenoxy) is 1. The summed E-state index contributed by atoms with van der Waals surface area (Å²) in [6, 6.07) is 28.8. The number of hydrogen-bond acceptors (Lipinski definition) is 9. The van der Waals surface area contributed by atoms with Crippen LogP contribution in [0, 0.1) is 29.1 Å². The van der Waals surface area contributed by atoms with Crippen LogP contribution in [-0.4, -0.2) is 91.1 Å². The molecule has 12 nitrogen and oxygen atoms in total. The Morgan fingerprint density at radius 3 is 2.26 bits per heavy atom. The molecule has 9 atom stereocenters. The molecule has 4 aliphatic rings. The van der Waals surface area contributed by atoms with Crippen LogP contribution in [-0.2, 0) is 33.9 Å². The summed E-state index contributed by atoms with van der Waals surface area (Å²) in [5.74, 6) is 0.292. The molecule has 3 amide bonds. The number of carbonyl (C=O) groups is 3. The lowest BCUT2D eigenvalue weighted by Gasteiger charge is -2.62. The summed E-state index contributed by atoms with van der Waals surface area (Å²) in [6.07, 6.45) is 0.664. The van der Waals surface area contributed by atoms with Crippen molar-refractivity contribution in [2.24, 2.45) is 29.1 Å². The monoisotopic (exact) mass is 845 g/mol. The molecule has 1 saturated heterocycles. The van der Waals surface area contributed by atoms with Crippen molar-refractivity contribution in [1.82, 2.24) is 21.0 Å². The number of methoxy groups -OCH3 is 1. The highest BCUT2D eigenvalue weighted by Crippen LogP contribution is 2.61. The number of para-hydroxylation sites is 1.